The van der Waals surface area contributed by atoms with Gasteiger partial charge in [-0.3, -0.25) is 9.59 Å². The minimum absolute atomic E-state index is 0.0985. The predicted molar refractivity (Wildman–Crippen MR) is 108 cm³/mol. The van der Waals surface area contributed by atoms with Crippen molar-refractivity contribution in [3.63, 3.8) is 0 Å². The van der Waals surface area contributed by atoms with Crippen molar-refractivity contribution >= 4 is 23.2 Å². The van der Waals surface area contributed by atoms with Crippen LogP contribution in [0, 0.1) is 19.8 Å². The van der Waals surface area contributed by atoms with E-state index in [0.29, 0.717) is 5.56 Å². The van der Waals surface area contributed by atoms with Crippen molar-refractivity contribution in [1.82, 2.24) is 0 Å². The molecular weight excluding hydrogens is 336 g/mol. The summed E-state index contributed by atoms with van der Waals surface area (Å²) in [5, 5.41) is 3.00. The zero-order chi connectivity index (χ0) is 19.0. The summed E-state index contributed by atoms with van der Waals surface area (Å²) in [7, 11) is 0. The fraction of sp³-hybridized carbons (Fsp3) is 0.391. The van der Waals surface area contributed by atoms with E-state index in [4.69, 9.17) is 0 Å². The Morgan fingerprint density at radius 3 is 2.41 bits per heavy atom. The van der Waals surface area contributed by atoms with Crippen molar-refractivity contribution in [2.45, 2.75) is 46.0 Å². The molecular formula is C23H26N2O2. The van der Waals surface area contributed by atoms with E-state index < -0.39 is 0 Å². The lowest BCUT2D eigenvalue weighted by molar-refractivity contribution is -0.122. The first-order valence-corrected chi connectivity index (χ1v) is 9.85. The van der Waals surface area contributed by atoms with Gasteiger partial charge < -0.3 is 10.2 Å². The van der Waals surface area contributed by atoms with E-state index in [2.05, 4.69) is 11.4 Å². The number of carbonyl (C=O) groups is 2. The maximum atomic E-state index is 12.8. The van der Waals surface area contributed by atoms with Crippen molar-refractivity contribution in [2.75, 3.05) is 16.8 Å². The average Bonchev–Trinajstić information content (AvgIpc) is 3.30. The summed E-state index contributed by atoms with van der Waals surface area (Å²) in [6, 6.07) is 11.8. The Hall–Kier alpha value is -2.62. The third kappa shape index (κ3) is 3.61. The predicted octanol–water partition coefficient (Wildman–Crippen LogP) is 4.64. The number of hydrogen-bond acceptors (Lipinski definition) is 2. The molecule has 0 saturated heterocycles. The Bertz CT molecular complexity index is 877. The van der Waals surface area contributed by atoms with Crippen LogP contribution in [-0.2, 0) is 11.2 Å². The lowest BCUT2D eigenvalue weighted by atomic mass is 10.1. The van der Waals surface area contributed by atoms with Gasteiger partial charge in [0.05, 0.1) is 0 Å². The fourth-order valence-electron chi connectivity index (χ4n) is 4.41. The maximum absolute atomic E-state index is 12.8. The molecule has 1 fully saturated rings. The topological polar surface area (TPSA) is 49.4 Å². The molecule has 2 aromatic rings. The van der Waals surface area contributed by atoms with Crippen LogP contribution in [0.25, 0.3) is 0 Å². The number of aryl methyl sites for hydroxylation is 2. The first kappa shape index (κ1) is 17.8. The molecule has 1 heterocycles. The highest BCUT2D eigenvalue weighted by Gasteiger charge is 2.31. The molecule has 27 heavy (non-hydrogen) atoms. The van der Waals surface area contributed by atoms with Gasteiger partial charge in [0.15, 0.2) is 0 Å². The summed E-state index contributed by atoms with van der Waals surface area (Å²) < 4.78 is 0. The number of nitrogens with one attached hydrogen (secondary N) is 1. The molecule has 0 unspecified atom stereocenters. The van der Waals surface area contributed by atoms with E-state index >= 15 is 0 Å². The number of amides is 2. The number of benzene rings is 2. The van der Waals surface area contributed by atoms with Crippen LogP contribution in [0.3, 0.4) is 0 Å². The normalized spacial score (nSPS) is 16.4. The van der Waals surface area contributed by atoms with Crippen molar-refractivity contribution in [2.24, 2.45) is 5.92 Å². The van der Waals surface area contributed by atoms with Crippen LogP contribution in [-0.4, -0.2) is 18.4 Å². The number of hydrogen-bond donors (Lipinski definition) is 1. The number of fused-ring (bicyclic) bond motifs is 1. The van der Waals surface area contributed by atoms with Gasteiger partial charge in [0.1, 0.15) is 0 Å². The SMILES string of the molecule is Cc1cc(C)cc(C(=O)Nc2ccc3c(c2)CCN3C(=O)C2CCCC2)c1. The largest absolute Gasteiger partial charge is 0.322 e. The summed E-state index contributed by atoms with van der Waals surface area (Å²) in [5.41, 5.74) is 5.76. The van der Waals surface area contributed by atoms with E-state index in [1.807, 2.05) is 49.1 Å². The molecule has 4 rings (SSSR count). The molecule has 4 heteroatoms. The van der Waals surface area contributed by atoms with Gasteiger partial charge in [-0.25, -0.2) is 0 Å². The first-order valence-electron chi connectivity index (χ1n) is 9.85. The highest BCUT2D eigenvalue weighted by Crippen LogP contribution is 2.35. The fourth-order valence-corrected chi connectivity index (χ4v) is 4.41. The van der Waals surface area contributed by atoms with Crippen LogP contribution >= 0.6 is 0 Å². The molecule has 1 N–H and O–H groups in total. The second-order valence-electron chi connectivity index (χ2n) is 7.90. The monoisotopic (exact) mass is 362 g/mol. The first-order chi connectivity index (χ1) is 13.0. The van der Waals surface area contributed by atoms with Crippen LogP contribution in [0.2, 0.25) is 0 Å². The van der Waals surface area contributed by atoms with Crippen LogP contribution in [0.4, 0.5) is 11.4 Å². The van der Waals surface area contributed by atoms with Crippen molar-refractivity contribution in [1.29, 1.82) is 0 Å². The minimum atomic E-state index is -0.0985. The van der Waals surface area contributed by atoms with Crippen molar-refractivity contribution in [3.05, 3.63) is 58.7 Å². The highest BCUT2D eigenvalue weighted by molar-refractivity contribution is 6.05. The van der Waals surface area contributed by atoms with Crippen LogP contribution in [0.1, 0.15) is 52.7 Å². The van der Waals surface area contributed by atoms with E-state index in [9.17, 15) is 9.59 Å². The van der Waals surface area contributed by atoms with Gasteiger partial charge in [-0.2, -0.15) is 0 Å². The zero-order valence-corrected chi connectivity index (χ0v) is 16.0. The van der Waals surface area contributed by atoms with E-state index in [1.165, 1.54) is 12.8 Å². The van der Waals surface area contributed by atoms with Crippen molar-refractivity contribution in [3.8, 4) is 0 Å². The Kier molecular flexibility index (Phi) is 4.73. The third-order valence-electron chi connectivity index (χ3n) is 5.69. The number of carbonyl (C=O) groups excluding carboxylic acids is 2. The molecule has 140 valence electrons. The van der Waals surface area contributed by atoms with Gasteiger partial charge >= 0.3 is 0 Å². The van der Waals surface area contributed by atoms with Gasteiger partial charge in [-0.1, -0.05) is 30.0 Å². The zero-order valence-electron chi connectivity index (χ0n) is 16.0. The second-order valence-corrected chi connectivity index (χ2v) is 7.90. The molecule has 2 aliphatic rings. The summed E-state index contributed by atoms with van der Waals surface area (Å²) in [4.78, 5) is 27.3. The van der Waals surface area contributed by atoms with Gasteiger partial charge in [0.25, 0.3) is 5.91 Å². The third-order valence-corrected chi connectivity index (χ3v) is 5.69. The Morgan fingerprint density at radius 2 is 1.70 bits per heavy atom. The standard InChI is InChI=1S/C23H26N2O2/c1-15-11-16(2)13-19(12-15)22(26)24-20-7-8-21-18(14-20)9-10-25(21)23(27)17-5-3-4-6-17/h7-8,11-14,17H,3-6,9-10H2,1-2H3,(H,24,26). The maximum Gasteiger partial charge on any atom is 0.255 e. The molecule has 1 aliphatic carbocycles. The summed E-state index contributed by atoms with van der Waals surface area (Å²) >= 11 is 0. The van der Waals surface area contributed by atoms with Crippen LogP contribution < -0.4 is 10.2 Å². The molecule has 2 aromatic carbocycles. The Balaban J connectivity index is 1.50. The minimum Gasteiger partial charge on any atom is -0.322 e. The Morgan fingerprint density at radius 1 is 1.00 bits per heavy atom. The van der Waals surface area contributed by atoms with E-state index in [-0.39, 0.29) is 17.7 Å². The molecule has 1 aliphatic heterocycles. The second kappa shape index (κ2) is 7.18. The van der Waals surface area contributed by atoms with Gasteiger partial charge in [-0.05, 0) is 69.0 Å². The molecule has 1 saturated carbocycles. The number of anilines is 2. The molecule has 4 nitrogen and oxygen atoms in total. The lowest BCUT2D eigenvalue weighted by Gasteiger charge is -2.21. The van der Waals surface area contributed by atoms with E-state index in [0.717, 1.165) is 53.9 Å². The van der Waals surface area contributed by atoms with E-state index in [1.54, 1.807) is 0 Å². The summed E-state index contributed by atoms with van der Waals surface area (Å²) in [6.45, 7) is 4.74. The number of rotatable bonds is 3. The van der Waals surface area contributed by atoms with Gasteiger partial charge in [-0.15, -0.1) is 0 Å². The average molecular weight is 362 g/mol. The molecule has 0 atom stereocenters. The summed E-state index contributed by atoms with van der Waals surface area (Å²) in [5.74, 6) is 0.372. The smallest absolute Gasteiger partial charge is 0.255 e. The highest BCUT2D eigenvalue weighted by atomic mass is 16.2. The van der Waals surface area contributed by atoms with Crippen LogP contribution in [0.15, 0.2) is 36.4 Å². The van der Waals surface area contributed by atoms with Gasteiger partial charge in [0.2, 0.25) is 5.91 Å². The molecule has 0 bridgehead atoms. The molecule has 2 amide bonds. The summed E-state index contributed by atoms with van der Waals surface area (Å²) in [6.07, 6.45) is 5.23. The molecule has 0 aromatic heterocycles. The molecule has 0 radical (unpaired) electrons. The molecule has 0 spiro atoms. The van der Waals surface area contributed by atoms with Gasteiger partial charge in [0, 0.05) is 29.4 Å². The van der Waals surface area contributed by atoms with Crippen molar-refractivity contribution < 1.29 is 9.59 Å². The quantitative estimate of drug-likeness (QED) is 0.865. The number of nitrogens with zero attached hydrogens (tertiary/aromatic N) is 1. The Labute approximate surface area is 160 Å². The lowest BCUT2D eigenvalue weighted by Crippen LogP contribution is -2.33. The van der Waals surface area contributed by atoms with Crippen LogP contribution in [0.5, 0.6) is 0 Å².